The van der Waals surface area contributed by atoms with E-state index in [1.165, 1.54) is 37.9 Å². The molecule has 0 aromatic heterocycles. The highest BCUT2D eigenvalue weighted by Gasteiger charge is 2.10. The van der Waals surface area contributed by atoms with Crippen molar-refractivity contribution in [2.75, 3.05) is 26.2 Å². The number of piperidine rings is 1. The van der Waals surface area contributed by atoms with Crippen molar-refractivity contribution in [2.45, 2.75) is 25.8 Å². The third-order valence-corrected chi connectivity index (χ3v) is 3.93. The van der Waals surface area contributed by atoms with Gasteiger partial charge in [0.15, 0.2) is 5.82 Å². The molecule has 1 saturated heterocycles. The van der Waals surface area contributed by atoms with Gasteiger partial charge in [-0.15, -0.1) is 0 Å². The van der Waals surface area contributed by atoms with Gasteiger partial charge in [-0.2, -0.15) is 0 Å². The van der Waals surface area contributed by atoms with Gasteiger partial charge in [-0.05, 0) is 49.7 Å². The van der Waals surface area contributed by atoms with E-state index in [4.69, 9.17) is 10.5 Å². The maximum Gasteiger partial charge on any atom is 0.273 e. The van der Waals surface area contributed by atoms with Crippen molar-refractivity contribution in [3.63, 3.8) is 0 Å². The molecular formula is C18H26N4O3. The lowest BCUT2D eigenvalue weighted by molar-refractivity contribution is -0.403. The zero-order valence-corrected chi connectivity index (χ0v) is 14.4. The quantitative estimate of drug-likeness (QED) is 0.405. The van der Waals surface area contributed by atoms with Crippen LogP contribution >= 0.6 is 0 Å². The highest BCUT2D eigenvalue weighted by molar-refractivity contribution is 5.28. The van der Waals surface area contributed by atoms with Gasteiger partial charge in [0.05, 0.1) is 4.92 Å². The number of likely N-dealkylation sites (tertiary alicyclic amines) is 1. The highest BCUT2D eigenvalue weighted by atomic mass is 16.6. The van der Waals surface area contributed by atoms with Crippen molar-refractivity contribution in [2.24, 2.45) is 5.73 Å². The molecule has 1 fully saturated rings. The van der Waals surface area contributed by atoms with Crippen molar-refractivity contribution in [1.29, 1.82) is 0 Å². The molecule has 7 heteroatoms. The monoisotopic (exact) mass is 346 g/mol. The van der Waals surface area contributed by atoms with Crippen molar-refractivity contribution >= 4 is 0 Å². The van der Waals surface area contributed by atoms with E-state index in [1.54, 1.807) is 0 Å². The minimum atomic E-state index is -0.591. The summed E-state index contributed by atoms with van der Waals surface area (Å²) in [5.41, 5.74) is 6.68. The molecule has 136 valence electrons. The van der Waals surface area contributed by atoms with Gasteiger partial charge in [-0.1, -0.05) is 24.6 Å². The number of hydrogen-bond acceptors (Lipinski definition) is 6. The minimum absolute atomic E-state index is 0.0287. The second-order valence-corrected chi connectivity index (χ2v) is 6.02. The van der Waals surface area contributed by atoms with Crippen molar-refractivity contribution in [1.82, 2.24) is 10.2 Å². The Morgan fingerprint density at radius 1 is 1.32 bits per heavy atom. The summed E-state index contributed by atoms with van der Waals surface area (Å²) in [7, 11) is 0. The lowest BCUT2D eigenvalue weighted by Gasteiger charge is -2.26. The molecule has 0 unspecified atom stereocenters. The van der Waals surface area contributed by atoms with Gasteiger partial charge in [0.1, 0.15) is 12.4 Å². The van der Waals surface area contributed by atoms with E-state index in [2.05, 4.69) is 22.3 Å². The van der Waals surface area contributed by atoms with Crippen LogP contribution in [-0.4, -0.2) is 36.1 Å². The standard InChI is InChI=1S/C18H26N4O3/c19-18(15-22(23)24)20-9-2-5-12-25-17-8-6-7-16(13-17)14-21-10-3-1-4-11-21/h2,5-8,13,15,20H,1,3-4,9-12,14,19H2. The number of ether oxygens (including phenoxy) is 1. The van der Waals surface area contributed by atoms with Crippen LogP contribution in [0.5, 0.6) is 5.75 Å². The van der Waals surface area contributed by atoms with Crippen molar-refractivity contribution in [3.05, 3.63) is 64.1 Å². The van der Waals surface area contributed by atoms with Crippen LogP contribution < -0.4 is 15.8 Å². The number of nitro groups is 1. The summed E-state index contributed by atoms with van der Waals surface area (Å²) in [6.07, 6.45) is 8.32. The molecule has 0 atom stereocenters. The highest BCUT2D eigenvalue weighted by Crippen LogP contribution is 2.17. The number of nitrogens with one attached hydrogen (secondary N) is 1. The van der Waals surface area contributed by atoms with Crippen molar-refractivity contribution < 1.29 is 9.66 Å². The normalized spacial score (nSPS) is 16.1. The second kappa shape index (κ2) is 10.4. The first kappa shape index (κ1) is 18.8. The molecule has 1 aromatic rings. The molecule has 1 aliphatic rings. The van der Waals surface area contributed by atoms with Crippen molar-refractivity contribution in [3.8, 4) is 5.75 Å². The Morgan fingerprint density at radius 2 is 2.12 bits per heavy atom. The molecule has 0 saturated carbocycles. The number of hydrogen-bond donors (Lipinski definition) is 2. The van der Waals surface area contributed by atoms with E-state index in [-0.39, 0.29) is 5.82 Å². The van der Waals surface area contributed by atoms with Crippen LogP contribution in [0.1, 0.15) is 24.8 Å². The summed E-state index contributed by atoms with van der Waals surface area (Å²) in [5, 5.41) is 12.9. The predicted octanol–water partition coefficient (Wildman–Crippen LogP) is 2.23. The maximum atomic E-state index is 10.2. The largest absolute Gasteiger partial charge is 0.490 e. The fourth-order valence-corrected chi connectivity index (χ4v) is 2.74. The van der Waals surface area contributed by atoms with Gasteiger partial charge in [0.2, 0.25) is 0 Å². The van der Waals surface area contributed by atoms with Crippen LogP contribution in [0.4, 0.5) is 0 Å². The molecule has 0 aliphatic carbocycles. The van der Waals surface area contributed by atoms with Gasteiger partial charge in [0, 0.05) is 13.1 Å². The van der Waals surface area contributed by atoms with Crippen LogP contribution in [0.2, 0.25) is 0 Å². The van der Waals surface area contributed by atoms with E-state index < -0.39 is 4.92 Å². The van der Waals surface area contributed by atoms with E-state index in [9.17, 15) is 10.1 Å². The SMILES string of the molecule is NC(=C[N+](=O)[O-])NCC=CCOc1cccc(CN2CCCCC2)c1. The third-order valence-electron chi connectivity index (χ3n) is 3.93. The second-order valence-electron chi connectivity index (χ2n) is 6.02. The first-order valence-electron chi connectivity index (χ1n) is 8.57. The molecule has 0 spiro atoms. The van der Waals surface area contributed by atoms with E-state index in [0.717, 1.165) is 18.5 Å². The summed E-state index contributed by atoms with van der Waals surface area (Å²) < 4.78 is 5.72. The molecule has 1 heterocycles. The molecular weight excluding hydrogens is 320 g/mol. The average molecular weight is 346 g/mol. The molecule has 0 radical (unpaired) electrons. The lowest BCUT2D eigenvalue weighted by Crippen LogP contribution is -2.29. The number of benzene rings is 1. The Labute approximate surface area is 148 Å². The molecule has 2 rings (SSSR count). The summed E-state index contributed by atoms with van der Waals surface area (Å²) >= 11 is 0. The van der Waals surface area contributed by atoms with Gasteiger partial charge in [0.25, 0.3) is 6.20 Å². The molecule has 0 bridgehead atoms. The summed E-state index contributed by atoms with van der Waals surface area (Å²) in [4.78, 5) is 12.1. The Morgan fingerprint density at radius 3 is 2.88 bits per heavy atom. The van der Waals surface area contributed by atoms with Crippen LogP contribution in [0, 0.1) is 10.1 Å². The maximum absolute atomic E-state index is 10.2. The zero-order valence-electron chi connectivity index (χ0n) is 14.4. The fraction of sp³-hybridized carbons (Fsp3) is 0.444. The van der Waals surface area contributed by atoms with Crippen LogP contribution in [-0.2, 0) is 6.54 Å². The van der Waals surface area contributed by atoms with E-state index in [0.29, 0.717) is 13.2 Å². The average Bonchev–Trinajstić information content (AvgIpc) is 2.58. The zero-order chi connectivity index (χ0) is 17.9. The topological polar surface area (TPSA) is 93.7 Å². The predicted molar refractivity (Wildman–Crippen MR) is 97.5 cm³/mol. The number of nitrogens with zero attached hydrogens (tertiary/aromatic N) is 2. The van der Waals surface area contributed by atoms with Crippen LogP contribution in [0.15, 0.2) is 48.4 Å². The Kier molecular flexibility index (Phi) is 7.78. The van der Waals surface area contributed by atoms with Gasteiger partial charge in [-0.3, -0.25) is 15.0 Å². The molecule has 3 N–H and O–H groups in total. The summed E-state index contributed by atoms with van der Waals surface area (Å²) in [6.45, 7) is 4.17. The van der Waals surface area contributed by atoms with E-state index >= 15 is 0 Å². The fourth-order valence-electron chi connectivity index (χ4n) is 2.74. The van der Waals surface area contributed by atoms with Crippen LogP contribution in [0.3, 0.4) is 0 Å². The Bertz CT molecular complexity index is 610. The number of nitrogens with two attached hydrogens (primary N) is 1. The van der Waals surface area contributed by atoms with E-state index in [1.807, 2.05) is 24.3 Å². The Hall–Kier alpha value is -2.54. The van der Waals surface area contributed by atoms with Gasteiger partial charge < -0.3 is 15.8 Å². The molecule has 25 heavy (non-hydrogen) atoms. The number of rotatable bonds is 9. The molecule has 1 aromatic carbocycles. The third kappa shape index (κ3) is 7.71. The molecule has 0 amide bonds. The van der Waals surface area contributed by atoms with Gasteiger partial charge >= 0.3 is 0 Å². The summed E-state index contributed by atoms with van der Waals surface area (Å²) in [5.74, 6) is 0.876. The Balaban J connectivity index is 1.70. The minimum Gasteiger partial charge on any atom is -0.490 e. The first-order valence-corrected chi connectivity index (χ1v) is 8.57. The first-order chi connectivity index (χ1) is 12.1. The van der Waals surface area contributed by atoms with Crippen LogP contribution in [0.25, 0.3) is 0 Å². The smallest absolute Gasteiger partial charge is 0.273 e. The van der Waals surface area contributed by atoms with Gasteiger partial charge in [-0.25, -0.2) is 0 Å². The molecule has 7 nitrogen and oxygen atoms in total. The lowest BCUT2D eigenvalue weighted by atomic mass is 10.1. The summed E-state index contributed by atoms with van der Waals surface area (Å²) in [6, 6.07) is 8.18. The molecule has 1 aliphatic heterocycles.